The Morgan fingerprint density at radius 2 is 2.00 bits per heavy atom. The maximum absolute atomic E-state index is 6.05. The summed E-state index contributed by atoms with van der Waals surface area (Å²) in [5.74, 6) is 0. The van der Waals surface area contributed by atoms with Crippen LogP contribution in [0.15, 0.2) is 0 Å². The average Bonchev–Trinajstić information content (AvgIpc) is 2.86. The van der Waals surface area contributed by atoms with Crippen LogP contribution in [-0.4, -0.2) is 50.7 Å². The molecule has 3 fully saturated rings. The van der Waals surface area contributed by atoms with Gasteiger partial charge in [0.15, 0.2) is 0 Å². The number of ether oxygens (including phenoxy) is 3. The Bertz CT molecular complexity index is 260. The third-order valence-electron chi connectivity index (χ3n) is 4.53. The van der Waals surface area contributed by atoms with Crippen LogP contribution >= 0.6 is 0 Å². The molecule has 0 radical (unpaired) electrons. The molecule has 3 rings (SSSR count). The SMILES string of the molecule is C1CCC2(C1)CC(NCC1COCCO1)CCO2. The molecular formula is C14H25NO3. The highest BCUT2D eigenvalue weighted by molar-refractivity contribution is 4.93. The number of hydrogen-bond donors (Lipinski definition) is 1. The van der Waals surface area contributed by atoms with Gasteiger partial charge >= 0.3 is 0 Å². The largest absolute Gasteiger partial charge is 0.376 e. The number of nitrogens with one attached hydrogen (secondary N) is 1. The predicted octanol–water partition coefficient (Wildman–Crippen LogP) is 1.48. The predicted molar refractivity (Wildman–Crippen MR) is 68.7 cm³/mol. The van der Waals surface area contributed by atoms with E-state index in [2.05, 4.69) is 5.32 Å². The van der Waals surface area contributed by atoms with Crippen molar-refractivity contribution >= 4 is 0 Å². The standard InChI is InChI=1S/C14H25NO3/c1-2-5-14(4-1)9-12(3-6-18-14)15-10-13-11-16-7-8-17-13/h12-13,15H,1-11H2. The molecule has 0 aromatic carbocycles. The summed E-state index contributed by atoms with van der Waals surface area (Å²) in [5, 5.41) is 3.66. The van der Waals surface area contributed by atoms with Crippen LogP contribution in [0.5, 0.6) is 0 Å². The van der Waals surface area contributed by atoms with E-state index >= 15 is 0 Å². The lowest BCUT2D eigenvalue weighted by Gasteiger charge is -2.39. The van der Waals surface area contributed by atoms with E-state index in [1.165, 1.54) is 32.1 Å². The second kappa shape index (κ2) is 5.87. The molecule has 2 unspecified atom stereocenters. The lowest BCUT2D eigenvalue weighted by Crippen LogP contribution is -2.48. The van der Waals surface area contributed by atoms with Crippen LogP contribution < -0.4 is 5.32 Å². The van der Waals surface area contributed by atoms with Gasteiger partial charge in [-0.15, -0.1) is 0 Å². The van der Waals surface area contributed by atoms with Gasteiger partial charge in [-0.05, 0) is 25.7 Å². The van der Waals surface area contributed by atoms with Crippen molar-refractivity contribution in [3.8, 4) is 0 Å². The first-order valence-electron chi connectivity index (χ1n) is 7.43. The molecule has 2 atom stereocenters. The van der Waals surface area contributed by atoms with E-state index in [9.17, 15) is 0 Å². The Kier molecular flexibility index (Phi) is 4.19. The highest BCUT2D eigenvalue weighted by Crippen LogP contribution is 2.39. The first-order valence-corrected chi connectivity index (χ1v) is 7.43. The molecule has 2 aliphatic heterocycles. The highest BCUT2D eigenvalue weighted by Gasteiger charge is 2.39. The molecule has 0 aromatic heterocycles. The smallest absolute Gasteiger partial charge is 0.0933 e. The van der Waals surface area contributed by atoms with Crippen molar-refractivity contribution in [3.05, 3.63) is 0 Å². The fourth-order valence-corrected chi connectivity index (χ4v) is 3.52. The summed E-state index contributed by atoms with van der Waals surface area (Å²) < 4.78 is 17.1. The summed E-state index contributed by atoms with van der Waals surface area (Å²) in [6.45, 7) is 4.06. The molecule has 0 bridgehead atoms. The van der Waals surface area contributed by atoms with Gasteiger partial charge in [0.05, 0.1) is 31.5 Å². The highest BCUT2D eigenvalue weighted by atomic mass is 16.6. The van der Waals surface area contributed by atoms with Gasteiger partial charge in [-0.2, -0.15) is 0 Å². The molecule has 0 amide bonds. The van der Waals surface area contributed by atoms with Crippen LogP contribution in [0.2, 0.25) is 0 Å². The van der Waals surface area contributed by atoms with Crippen LogP contribution in [0, 0.1) is 0 Å². The Morgan fingerprint density at radius 1 is 1.11 bits per heavy atom. The maximum atomic E-state index is 6.05. The van der Waals surface area contributed by atoms with Crippen molar-refractivity contribution in [1.82, 2.24) is 5.32 Å². The molecule has 3 aliphatic rings. The molecule has 0 aromatic rings. The van der Waals surface area contributed by atoms with E-state index in [1.54, 1.807) is 0 Å². The van der Waals surface area contributed by atoms with E-state index in [1.807, 2.05) is 0 Å². The molecular weight excluding hydrogens is 230 g/mol. The minimum atomic E-state index is 0.208. The van der Waals surface area contributed by atoms with Gasteiger partial charge in [-0.1, -0.05) is 12.8 Å². The molecule has 2 saturated heterocycles. The molecule has 18 heavy (non-hydrogen) atoms. The average molecular weight is 255 g/mol. The van der Waals surface area contributed by atoms with Crippen molar-refractivity contribution in [2.24, 2.45) is 0 Å². The fraction of sp³-hybridized carbons (Fsp3) is 1.00. The van der Waals surface area contributed by atoms with Gasteiger partial charge in [0, 0.05) is 19.2 Å². The topological polar surface area (TPSA) is 39.7 Å². The molecule has 4 heteroatoms. The lowest BCUT2D eigenvalue weighted by atomic mass is 9.89. The van der Waals surface area contributed by atoms with Gasteiger partial charge in [-0.25, -0.2) is 0 Å². The minimum Gasteiger partial charge on any atom is -0.376 e. The second-order valence-corrected chi connectivity index (χ2v) is 5.90. The Hall–Kier alpha value is -0.160. The summed E-state index contributed by atoms with van der Waals surface area (Å²) in [4.78, 5) is 0. The summed E-state index contributed by atoms with van der Waals surface area (Å²) in [7, 11) is 0. The molecule has 1 N–H and O–H groups in total. The van der Waals surface area contributed by atoms with Gasteiger partial charge in [0.1, 0.15) is 0 Å². The van der Waals surface area contributed by atoms with Crippen molar-refractivity contribution < 1.29 is 14.2 Å². The zero-order valence-electron chi connectivity index (χ0n) is 11.2. The van der Waals surface area contributed by atoms with Crippen LogP contribution in [-0.2, 0) is 14.2 Å². The normalized spacial score (nSPS) is 36.0. The zero-order valence-corrected chi connectivity index (χ0v) is 11.2. The first kappa shape index (κ1) is 12.9. The van der Waals surface area contributed by atoms with E-state index in [-0.39, 0.29) is 11.7 Å². The summed E-state index contributed by atoms with van der Waals surface area (Å²) >= 11 is 0. The Balaban J connectivity index is 1.44. The molecule has 104 valence electrons. The monoisotopic (exact) mass is 255 g/mol. The van der Waals surface area contributed by atoms with Crippen molar-refractivity contribution in [1.29, 1.82) is 0 Å². The fourth-order valence-electron chi connectivity index (χ4n) is 3.52. The van der Waals surface area contributed by atoms with Crippen LogP contribution in [0.25, 0.3) is 0 Å². The summed E-state index contributed by atoms with van der Waals surface area (Å²) in [6, 6.07) is 0.599. The Labute approximate surface area is 109 Å². The van der Waals surface area contributed by atoms with Gasteiger partial charge < -0.3 is 19.5 Å². The first-order chi connectivity index (χ1) is 8.86. The quantitative estimate of drug-likeness (QED) is 0.829. The third-order valence-corrected chi connectivity index (χ3v) is 4.53. The molecule has 4 nitrogen and oxygen atoms in total. The van der Waals surface area contributed by atoms with Crippen molar-refractivity contribution in [2.75, 3.05) is 33.0 Å². The molecule has 1 aliphatic carbocycles. The van der Waals surface area contributed by atoms with Crippen molar-refractivity contribution in [3.63, 3.8) is 0 Å². The maximum Gasteiger partial charge on any atom is 0.0933 e. The number of hydrogen-bond acceptors (Lipinski definition) is 4. The second-order valence-electron chi connectivity index (χ2n) is 5.90. The van der Waals surface area contributed by atoms with Gasteiger partial charge in [0.2, 0.25) is 0 Å². The van der Waals surface area contributed by atoms with Gasteiger partial charge in [0.25, 0.3) is 0 Å². The van der Waals surface area contributed by atoms with E-state index in [4.69, 9.17) is 14.2 Å². The van der Waals surface area contributed by atoms with Gasteiger partial charge in [-0.3, -0.25) is 0 Å². The summed E-state index contributed by atoms with van der Waals surface area (Å²) in [6.07, 6.45) is 7.75. The third kappa shape index (κ3) is 3.05. The van der Waals surface area contributed by atoms with E-state index < -0.39 is 0 Å². The summed E-state index contributed by atoms with van der Waals surface area (Å²) in [5.41, 5.74) is 0.208. The molecule has 1 saturated carbocycles. The number of rotatable bonds is 3. The van der Waals surface area contributed by atoms with Crippen LogP contribution in [0.3, 0.4) is 0 Å². The zero-order chi connectivity index (χ0) is 12.3. The minimum absolute atomic E-state index is 0.208. The lowest BCUT2D eigenvalue weighted by molar-refractivity contribution is -0.0981. The molecule has 2 heterocycles. The van der Waals surface area contributed by atoms with E-state index in [0.29, 0.717) is 6.04 Å². The van der Waals surface area contributed by atoms with E-state index in [0.717, 1.165) is 39.4 Å². The van der Waals surface area contributed by atoms with Crippen molar-refractivity contribution in [2.45, 2.75) is 56.3 Å². The molecule has 1 spiro atoms. The Morgan fingerprint density at radius 3 is 2.78 bits per heavy atom. The van der Waals surface area contributed by atoms with Crippen LogP contribution in [0.1, 0.15) is 38.5 Å². The van der Waals surface area contributed by atoms with Crippen LogP contribution in [0.4, 0.5) is 0 Å².